The van der Waals surface area contributed by atoms with E-state index in [1.165, 1.54) is 30.7 Å². The molecule has 0 radical (unpaired) electrons. The van der Waals surface area contributed by atoms with Gasteiger partial charge in [0, 0.05) is 34.4 Å². The summed E-state index contributed by atoms with van der Waals surface area (Å²) in [5, 5.41) is 2.85. The number of nitrogens with zero attached hydrogens (tertiary/aromatic N) is 3. The average molecular weight is 661 g/mol. The molecule has 2 heterocycles. The second-order valence-corrected chi connectivity index (χ2v) is 17.2. The van der Waals surface area contributed by atoms with Crippen molar-refractivity contribution in [1.29, 1.82) is 0 Å². The number of hydrogen-bond donors (Lipinski definition) is 1. The molecule has 1 unspecified atom stereocenters. The largest absolute Gasteiger partial charge is 0.573 e. The van der Waals surface area contributed by atoms with Gasteiger partial charge in [-0.2, -0.15) is 0 Å². The lowest BCUT2D eigenvalue weighted by molar-refractivity contribution is -0.274. The van der Waals surface area contributed by atoms with Gasteiger partial charge in [0.15, 0.2) is 6.29 Å². The van der Waals surface area contributed by atoms with Crippen LogP contribution >= 0.6 is 0 Å². The van der Waals surface area contributed by atoms with Gasteiger partial charge in [0.25, 0.3) is 11.6 Å². The van der Waals surface area contributed by atoms with E-state index in [0.29, 0.717) is 19.8 Å². The van der Waals surface area contributed by atoms with Gasteiger partial charge < -0.3 is 28.4 Å². The molecule has 16 heteroatoms. The van der Waals surface area contributed by atoms with Crippen molar-refractivity contribution in [2.24, 2.45) is 12.0 Å². The van der Waals surface area contributed by atoms with Crippen molar-refractivity contribution in [3.05, 3.63) is 50.7 Å². The molecule has 252 valence electrons. The number of aliphatic imine (C=N–C) groups is 1. The van der Waals surface area contributed by atoms with Crippen molar-refractivity contribution in [3.8, 4) is 11.5 Å². The van der Waals surface area contributed by atoms with Crippen molar-refractivity contribution >= 4 is 19.9 Å². The van der Waals surface area contributed by atoms with E-state index in [2.05, 4.69) is 34.7 Å². The Balaban J connectivity index is 1.71. The minimum Gasteiger partial charge on any atom is -0.426 e. The van der Waals surface area contributed by atoms with E-state index in [-0.39, 0.29) is 55.9 Å². The highest BCUT2D eigenvalue weighted by Crippen LogP contribution is 2.26. The standard InChI is InChI=1S/C29H43F3N4O8Si/c1-21-25(35(2)28(38)36(26(21)37)12-14-39-15-16-42-24-11-6-7-13-41-24)34-27(33-20-40-17-18-45(3,4)5)43-22-9-8-10-23(19-22)44-29(30,31)32/h8-10,19,24H,6-7,11-18,20H2,1-5H3,(H,33,34). The van der Waals surface area contributed by atoms with E-state index < -0.39 is 31.4 Å². The zero-order chi connectivity index (χ0) is 33.0. The van der Waals surface area contributed by atoms with Crippen LogP contribution in [0.2, 0.25) is 25.7 Å². The van der Waals surface area contributed by atoms with Crippen molar-refractivity contribution < 1.29 is 41.6 Å². The lowest BCUT2D eigenvalue weighted by Crippen LogP contribution is -2.43. The van der Waals surface area contributed by atoms with Crippen molar-refractivity contribution in [2.75, 3.05) is 45.1 Å². The van der Waals surface area contributed by atoms with Gasteiger partial charge in [0.2, 0.25) is 0 Å². The van der Waals surface area contributed by atoms with Crippen LogP contribution in [0, 0.1) is 6.92 Å². The first-order valence-electron chi connectivity index (χ1n) is 14.8. The number of ether oxygens (including phenoxy) is 6. The molecule has 1 fully saturated rings. The van der Waals surface area contributed by atoms with Gasteiger partial charge in [0.05, 0.1) is 31.9 Å². The summed E-state index contributed by atoms with van der Waals surface area (Å²) in [5.74, 6) is -0.433. The predicted octanol–water partition coefficient (Wildman–Crippen LogP) is 4.47. The van der Waals surface area contributed by atoms with Crippen LogP contribution in [0.4, 0.5) is 19.0 Å². The lowest BCUT2D eigenvalue weighted by atomic mass is 10.2. The van der Waals surface area contributed by atoms with Gasteiger partial charge in [-0.25, -0.2) is 9.79 Å². The van der Waals surface area contributed by atoms with Crippen molar-refractivity contribution in [1.82, 2.24) is 9.13 Å². The SMILES string of the molecule is Cc1c(NC(=NCOCC[Si](C)(C)C)Oc2cccc(OC(F)(F)F)c2)n(C)c(=O)n(CCOCCOC2CCCCO2)c1=O. The molecule has 1 atom stereocenters. The minimum atomic E-state index is -4.89. The molecular weight excluding hydrogens is 617 g/mol. The number of anilines is 1. The molecule has 1 aromatic carbocycles. The van der Waals surface area contributed by atoms with Gasteiger partial charge in [-0.15, -0.1) is 13.2 Å². The number of nitrogens with one attached hydrogen (secondary N) is 1. The third-order valence-electron chi connectivity index (χ3n) is 6.68. The predicted molar refractivity (Wildman–Crippen MR) is 165 cm³/mol. The summed E-state index contributed by atoms with van der Waals surface area (Å²) in [6.45, 7) is 9.85. The minimum absolute atomic E-state index is 0.0148. The fraction of sp³-hybridized carbons (Fsp3) is 0.621. The summed E-state index contributed by atoms with van der Waals surface area (Å²) in [7, 11) is 0.104. The number of benzene rings is 1. The zero-order valence-electron chi connectivity index (χ0n) is 26.4. The van der Waals surface area contributed by atoms with Gasteiger partial charge in [-0.05, 0) is 44.4 Å². The van der Waals surface area contributed by atoms with Crippen LogP contribution in [-0.4, -0.2) is 75.6 Å². The second kappa shape index (κ2) is 16.9. The highest BCUT2D eigenvalue weighted by molar-refractivity contribution is 6.76. The lowest BCUT2D eigenvalue weighted by Gasteiger charge is -2.22. The highest BCUT2D eigenvalue weighted by atomic mass is 28.3. The topological polar surface area (TPSA) is 124 Å². The fourth-order valence-electron chi connectivity index (χ4n) is 4.22. The Kier molecular flexibility index (Phi) is 13.7. The second-order valence-electron chi connectivity index (χ2n) is 11.6. The molecule has 45 heavy (non-hydrogen) atoms. The van der Waals surface area contributed by atoms with E-state index in [1.807, 2.05) is 0 Å². The Morgan fingerprint density at radius 2 is 1.84 bits per heavy atom. The van der Waals surface area contributed by atoms with Crippen LogP contribution in [0.3, 0.4) is 0 Å². The Bertz CT molecular complexity index is 1350. The molecule has 3 rings (SSSR count). The first kappa shape index (κ1) is 36.3. The quantitative estimate of drug-likeness (QED) is 0.128. The van der Waals surface area contributed by atoms with Crippen LogP contribution < -0.4 is 26.0 Å². The number of amidine groups is 1. The number of aromatic nitrogens is 2. The fourth-order valence-corrected chi connectivity index (χ4v) is 4.98. The monoisotopic (exact) mass is 660 g/mol. The maximum absolute atomic E-state index is 13.2. The molecule has 0 amide bonds. The van der Waals surface area contributed by atoms with E-state index >= 15 is 0 Å². The number of alkyl halides is 3. The first-order valence-corrected chi connectivity index (χ1v) is 18.5. The van der Waals surface area contributed by atoms with Gasteiger partial charge >= 0.3 is 12.1 Å². The van der Waals surface area contributed by atoms with E-state index in [4.69, 9.17) is 23.7 Å². The van der Waals surface area contributed by atoms with Crippen LogP contribution in [0.5, 0.6) is 11.5 Å². The summed E-state index contributed by atoms with van der Waals surface area (Å²) >= 11 is 0. The molecule has 0 bridgehead atoms. The molecule has 0 saturated carbocycles. The smallest absolute Gasteiger partial charge is 0.426 e. The van der Waals surface area contributed by atoms with Gasteiger partial charge in [-0.1, -0.05) is 25.7 Å². The average Bonchev–Trinajstić information content (AvgIpc) is 2.96. The van der Waals surface area contributed by atoms with Crippen LogP contribution in [0.15, 0.2) is 38.8 Å². The molecule has 12 nitrogen and oxygen atoms in total. The maximum atomic E-state index is 13.2. The first-order chi connectivity index (χ1) is 21.2. The zero-order valence-corrected chi connectivity index (χ0v) is 27.4. The molecule has 1 N–H and O–H groups in total. The van der Waals surface area contributed by atoms with Gasteiger partial charge in [-0.3, -0.25) is 19.2 Å². The Hall–Kier alpha value is -3.18. The number of hydrogen-bond acceptors (Lipinski definition) is 9. The van der Waals surface area contributed by atoms with E-state index in [1.54, 1.807) is 0 Å². The molecule has 1 aliphatic rings. The Labute approximate surface area is 261 Å². The summed E-state index contributed by atoms with van der Waals surface area (Å²) in [5.41, 5.74) is -0.989. The molecule has 2 aromatic rings. The maximum Gasteiger partial charge on any atom is 0.573 e. The summed E-state index contributed by atoms with van der Waals surface area (Å²) in [6.07, 6.45) is -2.20. The van der Waals surface area contributed by atoms with Crippen LogP contribution in [0.1, 0.15) is 24.8 Å². The van der Waals surface area contributed by atoms with E-state index in [0.717, 1.165) is 42.0 Å². The third kappa shape index (κ3) is 12.6. The van der Waals surface area contributed by atoms with E-state index in [9.17, 15) is 22.8 Å². The van der Waals surface area contributed by atoms with Crippen molar-refractivity contribution in [3.63, 3.8) is 0 Å². The summed E-state index contributed by atoms with van der Waals surface area (Å²) < 4.78 is 72.6. The molecule has 1 saturated heterocycles. The molecular formula is C29H43F3N4O8Si. The highest BCUT2D eigenvalue weighted by Gasteiger charge is 2.31. The Morgan fingerprint density at radius 1 is 1.09 bits per heavy atom. The molecule has 1 aliphatic heterocycles. The Morgan fingerprint density at radius 3 is 2.53 bits per heavy atom. The van der Waals surface area contributed by atoms with Crippen LogP contribution in [-0.2, 0) is 32.5 Å². The molecule has 0 aliphatic carbocycles. The molecule has 1 aromatic heterocycles. The summed E-state index contributed by atoms with van der Waals surface area (Å²) in [4.78, 5) is 30.6. The number of halogens is 3. The molecule has 0 spiro atoms. The number of rotatable bonds is 15. The summed E-state index contributed by atoms with van der Waals surface area (Å²) in [6, 6.07) is 5.57. The van der Waals surface area contributed by atoms with Crippen molar-refractivity contribution in [2.45, 2.75) is 71.1 Å². The van der Waals surface area contributed by atoms with Gasteiger partial charge in [0.1, 0.15) is 24.0 Å². The van der Waals surface area contributed by atoms with Crippen LogP contribution in [0.25, 0.3) is 0 Å². The third-order valence-corrected chi connectivity index (χ3v) is 8.38. The normalized spacial score (nSPS) is 16.1.